The van der Waals surface area contributed by atoms with Crippen molar-refractivity contribution in [2.75, 3.05) is 26.4 Å². The Hall–Kier alpha value is -0.990. The molecule has 56 heavy (non-hydrogen) atoms. The number of carbonyl (C=O) groups excluding carboxylic acids is 2. The fourth-order valence-electron chi connectivity index (χ4n) is 7.21. The molecule has 0 aromatic carbocycles. The second kappa shape index (κ2) is 43.6. The first kappa shape index (κ1) is 55.0. The highest BCUT2D eigenvalue weighted by Crippen LogP contribution is 2.43. The second-order valence-corrected chi connectivity index (χ2v) is 17.8. The molecule has 0 aliphatic carbocycles. The van der Waals surface area contributed by atoms with Crippen LogP contribution in [0.4, 0.5) is 0 Å². The van der Waals surface area contributed by atoms with Crippen LogP contribution in [0.5, 0.6) is 0 Å². The largest absolute Gasteiger partial charge is 0.472 e. The van der Waals surface area contributed by atoms with Gasteiger partial charge in [-0.1, -0.05) is 226 Å². The minimum Gasteiger partial charge on any atom is -0.462 e. The van der Waals surface area contributed by atoms with E-state index in [1.54, 1.807) is 0 Å². The van der Waals surface area contributed by atoms with Gasteiger partial charge in [-0.15, -0.1) is 0 Å². The van der Waals surface area contributed by atoms with E-state index in [4.69, 9.17) is 24.3 Å². The van der Waals surface area contributed by atoms with E-state index in [0.29, 0.717) is 6.42 Å². The van der Waals surface area contributed by atoms with Crippen molar-refractivity contribution in [3.8, 4) is 0 Å². The molecule has 0 saturated carbocycles. The Morgan fingerprint density at radius 1 is 0.464 bits per heavy atom. The van der Waals surface area contributed by atoms with Crippen molar-refractivity contribution in [1.29, 1.82) is 0 Å². The normalized spacial score (nSPS) is 13.1. The van der Waals surface area contributed by atoms with E-state index in [1.807, 2.05) is 6.92 Å². The van der Waals surface area contributed by atoms with E-state index in [-0.39, 0.29) is 38.6 Å². The lowest BCUT2D eigenvalue weighted by atomic mass is 10.0. The summed E-state index contributed by atoms with van der Waals surface area (Å²) in [5.74, 6) is -0.877. The van der Waals surface area contributed by atoms with Crippen LogP contribution in [0.3, 0.4) is 0 Å². The molecule has 0 amide bonds. The number of phosphoric acid groups is 1. The molecule has 0 radical (unpaired) electrons. The van der Waals surface area contributed by atoms with Gasteiger partial charge in [0.05, 0.1) is 13.2 Å². The maximum absolute atomic E-state index is 12.2. The van der Waals surface area contributed by atoms with E-state index in [1.165, 1.54) is 199 Å². The SMILES string of the molecule is CCCCCCCCCCCCCCCCCCCCCCCCCCCCCCCCCCCCC(=O)OC[C@H](COP(=O)(O)OCCN)OC(=O)CCC. The Bertz CT molecular complexity index is 891. The van der Waals surface area contributed by atoms with Gasteiger partial charge in [0.2, 0.25) is 0 Å². The number of hydrogen-bond donors (Lipinski definition) is 2. The Morgan fingerprint density at radius 2 is 0.804 bits per heavy atom. The average molecular weight is 818 g/mol. The molecule has 0 saturated heterocycles. The second-order valence-electron chi connectivity index (χ2n) is 16.3. The molecule has 0 aliphatic heterocycles. The van der Waals surface area contributed by atoms with Gasteiger partial charge in [-0.05, 0) is 12.8 Å². The summed E-state index contributed by atoms with van der Waals surface area (Å²) >= 11 is 0. The summed E-state index contributed by atoms with van der Waals surface area (Å²) in [6, 6.07) is 0. The van der Waals surface area contributed by atoms with E-state index < -0.39 is 26.5 Å². The summed E-state index contributed by atoms with van der Waals surface area (Å²) in [7, 11) is -4.34. The van der Waals surface area contributed by atoms with Crippen LogP contribution in [0.1, 0.15) is 251 Å². The predicted octanol–water partition coefficient (Wildman–Crippen LogP) is 14.0. The number of nitrogens with two attached hydrogens (primary N) is 1. The van der Waals surface area contributed by atoms with Gasteiger partial charge in [-0.3, -0.25) is 18.6 Å². The highest BCUT2D eigenvalue weighted by molar-refractivity contribution is 7.47. The van der Waals surface area contributed by atoms with Gasteiger partial charge in [-0.2, -0.15) is 0 Å². The molecular formula is C46H92NO8P. The van der Waals surface area contributed by atoms with Crippen LogP contribution in [0, 0.1) is 0 Å². The summed E-state index contributed by atoms with van der Waals surface area (Å²) in [5, 5.41) is 0. The Kier molecular flexibility index (Phi) is 42.8. The molecule has 0 fully saturated rings. The molecule has 334 valence electrons. The molecule has 3 N–H and O–H groups in total. The van der Waals surface area contributed by atoms with Gasteiger partial charge in [0.1, 0.15) is 6.61 Å². The molecule has 2 atom stereocenters. The van der Waals surface area contributed by atoms with Crippen LogP contribution in [-0.2, 0) is 32.7 Å². The quantitative estimate of drug-likeness (QED) is 0.0350. The van der Waals surface area contributed by atoms with Gasteiger partial charge in [-0.25, -0.2) is 4.57 Å². The number of carbonyl (C=O) groups is 2. The molecule has 0 aliphatic rings. The highest BCUT2D eigenvalue weighted by Gasteiger charge is 2.25. The molecule has 0 bridgehead atoms. The standard InChI is InChI=1S/C46H92NO8P/c1-3-5-6-7-8-9-10-11-12-13-14-15-16-17-18-19-20-21-22-23-24-25-26-27-28-29-30-31-32-33-34-35-36-37-39-45(48)52-42-44(55-46(49)38-4-2)43-54-56(50,51)53-41-40-47/h44H,3-43,47H2,1-2H3,(H,50,51)/t44-/m1/s1. The Balaban J connectivity index is 3.45. The topological polar surface area (TPSA) is 134 Å². The third-order valence-corrected chi connectivity index (χ3v) is 11.7. The molecule has 0 aromatic rings. The van der Waals surface area contributed by atoms with Crippen LogP contribution in [0.25, 0.3) is 0 Å². The van der Waals surface area contributed by atoms with Gasteiger partial charge in [0.25, 0.3) is 0 Å². The number of ether oxygens (including phenoxy) is 2. The molecule has 0 spiro atoms. The molecule has 0 rings (SSSR count). The monoisotopic (exact) mass is 818 g/mol. The maximum Gasteiger partial charge on any atom is 0.472 e. The number of hydrogen-bond acceptors (Lipinski definition) is 8. The molecule has 0 heterocycles. The lowest BCUT2D eigenvalue weighted by molar-refractivity contribution is -0.161. The zero-order valence-electron chi connectivity index (χ0n) is 36.9. The molecule has 1 unspecified atom stereocenters. The smallest absolute Gasteiger partial charge is 0.462 e. The number of esters is 2. The van der Waals surface area contributed by atoms with Gasteiger partial charge in [0.15, 0.2) is 6.10 Å². The number of rotatable bonds is 46. The maximum atomic E-state index is 12.2. The fourth-order valence-corrected chi connectivity index (χ4v) is 7.97. The van der Waals surface area contributed by atoms with Crippen LogP contribution in [0.2, 0.25) is 0 Å². The molecular weight excluding hydrogens is 725 g/mol. The number of unbranched alkanes of at least 4 members (excludes halogenated alkanes) is 33. The van der Waals surface area contributed by atoms with Gasteiger partial charge < -0.3 is 20.1 Å². The van der Waals surface area contributed by atoms with Crippen LogP contribution >= 0.6 is 7.82 Å². The van der Waals surface area contributed by atoms with E-state index in [2.05, 4.69) is 6.92 Å². The van der Waals surface area contributed by atoms with Crippen LogP contribution in [0.15, 0.2) is 0 Å². The zero-order valence-corrected chi connectivity index (χ0v) is 37.8. The Labute approximate surface area is 346 Å². The van der Waals surface area contributed by atoms with Crippen molar-refractivity contribution in [3.05, 3.63) is 0 Å². The molecule has 10 heteroatoms. The van der Waals surface area contributed by atoms with Crippen molar-refractivity contribution in [3.63, 3.8) is 0 Å². The first-order valence-corrected chi connectivity index (χ1v) is 25.5. The fraction of sp³-hybridized carbons (Fsp3) is 0.957. The number of phosphoric ester groups is 1. The van der Waals surface area contributed by atoms with E-state index in [9.17, 15) is 19.0 Å². The molecule has 9 nitrogen and oxygen atoms in total. The summed E-state index contributed by atoms with van der Waals surface area (Å²) in [5.41, 5.74) is 5.28. The predicted molar refractivity (Wildman–Crippen MR) is 234 cm³/mol. The Morgan fingerprint density at radius 3 is 1.12 bits per heavy atom. The minimum absolute atomic E-state index is 0.0558. The minimum atomic E-state index is -4.34. The van der Waals surface area contributed by atoms with Crippen molar-refractivity contribution in [2.45, 2.75) is 258 Å². The van der Waals surface area contributed by atoms with E-state index >= 15 is 0 Å². The summed E-state index contributed by atoms with van der Waals surface area (Å²) < 4.78 is 32.0. The van der Waals surface area contributed by atoms with Gasteiger partial charge >= 0.3 is 19.8 Å². The third-order valence-electron chi connectivity index (χ3n) is 10.7. The first-order chi connectivity index (χ1) is 27.3. The first-order valence-electron chi connectivity index (χ1n) is 24.0. The van der Waals surface area contributed by atoms with Crippen LogP contribution in [-0.4, -0.2) is 49.3 Å². The van der Waals surface area contributed by atoms with Crippen molar-refractivity contribution >= 4 is 19.8 Å². The highest BCUT2D eigenvalue weighted by atomic mass is 31.2. The lowest BCUT2D eigenvalue weighted by Gasteiger charge is -2.19. The summed E-state index contributed by atoms with van der Waals surface area (Å²) in [4.78, 5) is 33.8. The van der Waals surface area contributed by atoms with Gasteiger partial charge in [0, 0.05) is 19.4 Å². The van der Waals surface area contributed by atoms with Crippen molar-refractivity contribution in [1.82, 2.24) is 0 Å². The summed E-state index contributed by atoms with van der Waals surface area (Å²) in [6.07, 6.45) is 46.7. The molecule has 0 aromatic heterocycles. The zero-order chi connectivity index (χ0) is 41.1. The van der Waals surface area contributed by atoms with Crippen molar-refractivity contribution < 1.29 is 37.6 Å². The summed E-state index contributed by atoms with van der Waals surface area (Å²) in [6.45, 7) is 3.36. The lowest BCUT2D eigenvalue weighted by Crippen LogP contribution is -2.29. The third kappa shape index (κ3) is 42.6. The average Bonchev–Trinajstić information content (AvgIpc) is 3.18. The van der Waals surface area contributed by atoms with Crippen molar-refractivity contribution in [2.24, 2.45) is 5.73 Å². The van der Waals surface area contributed by atoms with Crippen LogP contribution < -0.4 is 5.73 Å². The van der Waals surface area contributed by atoms with E-state index in [0.717, 1.165) is 19.3 Å².